The minimum absolute atomic E-state index is 0.0283. The zero-order valence-electron chi connectivity index (χ0n) is 9.77. The second-order valence-electron chi connectivity index (χ2n) is 4.34. The first-order valence-corrected chi connectivity index (χ1v) is 6.15. The summed E-state index contributed by atoms with van der Waals surface area (Å²) < 4.78 is 16.6. The van der Waals surface area contributed by atoms with E-state index >= 15 is 0 Å². The van der Waals surface area contributed by atoms with E-state index < -0.39 is 0 Å². The molecule has 0 radical (unpaired) electrons. The second kappa shape index (κ2) is 6.51. The molecule has 2 N–H and O–H groups in total. The molecular formula is C11H22N2O3. The average Bonchev–Trinajstić information content (AvgIpc) is 2.76. The fraction of sp³-hybridized carbons (Fsp3) is 1.00. The zero-order chi connectivity index (χ0) is 11.2. The predicted molar refractivity (Wildman–Crippen MR) is 60.2 cm³/mol. The summed E-state index contributed by atoms with van der Waals surface area (Å²) in [6.45, 7) is 6.15. The predicted octanol–water partition coefficient (Wildman–Crippen LogP) is -0.201. The third kappa shape index (κ3) is 3.68. The standard InChI is InChI=1S/C11H22N2O3/c12-3-1-10-9-15-11(16-10)2-4-13-5-7-14-8-6-13/h10-11H,1-9,12H2. The fourth-order valence-electron chi connectivity index (χ4n) is 2.11. The first-order valence-electron chi connectivity index (χ1n) is 6.15. The van der Waals surface area contributed by atoms with Crippen molar-refractivity contribution in [3.63, 3.8) is 0 Å². The van der Waals surface area contributed by atoms with E-state index in [1.54, 1.807) is 0 Å². The van der Waals surface area contributed by atoms with Gasteiger partial charge in [-0.1, -0.05) is 0 Å². The highest BCUT2D eigenvalue weighted by molar-refractivity contribution is 4.68. The van der Waals surface area contributed by atoms with Crippen LogP contribution in [-0.4, -0.2) is 63.3 Å². The van der Waals surface area contributed by atoms with Crippen LogP contribution < -0.4 is 5.73 Å². The van der Waals surface area contributed by atoms with Crippen molar-refractivity contribution < 1.29 is 14.2 Å². The number of ether oxygens (including phenoxy) is 3. The summed E-state index contributed by atoms with van der Waals surface area (Å²) in [5.41, 5.74) is 5.49. The lowest BCUT2D eigenvalue weighted by Crippen LogP contribution is -2.38. The summed E-state index contributed by atoms with van der Waals surface area (Å²) in [5.74, 6) is 0. The highest BCUT2D eigenvalue weighted by atomic mass is 16.7. The maximum absolute atomic E-state index is 5.73. The quantitative estimate of drug-likeness (QED) is 0.709. The number of nitrogens with two attached hydrogens (primary N) is 1. The van der Waals surface area contributed by atoms with E-state index in [0.717, 1.165) is 45.7 Å². The van der Waals surface area contributed by atoms with Crippen molar-refractivity contribution in [2.45, 2.75) is 25.2 Å². The van der Waals surface area contributed by atoms with Crippen LogP contribution in [0.4, 0.5) is 0 Å². The van der Waals surface area contributed by atoms with Gasteiger partial charge in [0.1, 0.15) is 0 Å². The average molecular weight is 230 g/mol. The van der Waals surface area contributed by atoms with E-state index in [4.69, 9.17) is 19.9 Å². The van der Waals surface area contributed by atoms with Gasteiger partial charge < -0.3 is 19.9 Å². The van der Waals surface area contributed by atoms with Crippen LogP contribution in [0.1, 0.15) is 12.8 Å². The third-order valence-electron chi connectivity index (χ3n) is 3.09. The van der Waals surface area contributed by atoms with Crippen LogP contribution in [0, 0.1) is 0 Å². The van der Waals surface area contributed by atoms with E-state index in [0.29, 0.717) is 13.2 Å². The Morgan fingerprint density at radius 3 is 2.75 bits per heavy atom. The molecule has 2 unspecified atom stereocenters. The normalized spacial score (nSPS) is 32.1. The molecule has 0 aromatic heterocycles. The molecule has 2 heterocycles. The smallest absolute Gasteiger partial charge is 0.159 e. The lowest BCUT2D eigenvalue weighted by molar-refractivity contribution is -0.0707. The van der Waals surface area contributed by atoms with Gasteiger partial charge >= 0.3 is 0 Å². The van der Waals surface area contributed by atoms with Crippen molar-refractivity contribution in [3.05, 3.63) is 0 Å². The van der Waals surface area contributed by atoms with E-state index in [2.05, 4.69) is 4.90 Å². The van der Waals surface area contributed by atoms with Gasteiger partial charge in [0, 0.05) is 26.1 Å². The molecule has 2 saturated heterocycles. The number of nitrogens with zero attached hydrogens (tertiary/aromatic N) is 1. The van der Waals surface area contributed by atoms with E-state index in [-0.39, 0.29) is 12.4 Å². The van der Waals surface area contributed by atoms with Gasteiger partial charge in [-0.2, -0.15) is 0 Å². The molecule has 2 rings (SSSR count). The van der Waals surface area contributed by atoms with Crippen LogP contribution in [0.5, 0.6) is 0 Å². The van der Waals surface area contributed by atoms with Gasteiger partial charge in [-0.15, -0.1) is 0 Å². The first kappa shape index (κ1) is 12.3. The van der Waals surface area contributed by atoms with E-state index in [1.807, 2.05) is 0 Å². The van der Waals surface area contributed by atoms with Crippen LogP contribution in [0.3, 0.4) is 0 Å². The third-order valence-corrected chi connectivity index (χ3v) is 3.09. The minimum Gasteiger partial charge on any atom is -0.379 e. The van der Waals surface area contributed by atoms with Crippen LogP contribution in [0.15, 0.2) is 0 Å². The fourth-order valence-corrected chi connectivity index (χ4v) is 2.11. The second-order valence-corrected chi connectivity index (χ2v) is 4.34. The largest absolute Gasteiger partial charge is 0.379 e. The first-order chi connectivity index (χ1) is 7.88. The topological polar surface area (TPSA) is 57.0 Å². The highest BCUT2D eigenvalue weighted by Crippen LogP contribution is 2.17. The number of hydrogen-bond acceptors (Lipinski definition) is 5. The van der Waals surface area contributed by atoms with Gasteiger partial charge in [0.15, 0.2) is 6.29 Å². The SMILES string of the molecule is NCCC1COC(CCN2CCOCC2)O1. The van der Waals surface area contributed by atoms with Crippen molar-refractivity contribution in [2.75, 3.05) is 46.0 Å². The minimum atomic E-state index is -0.0283. The Morgan fingerprint density at radius 2 is 2.00 bits per heavy atom. The van der Waals surface area contributed by atoms with Gasteiger partial charge in [-0.05, 0) is 13.0 Å². The Hall–Kier alpha value is -0.200. The van der Waals surface area contributed by atoms with E-state index in [9.17, 15) is 0 Å². The van der Waals surface area contributed by atoms with Crippen LogP contribution >= 0.6 is 0 Å². The molecule has 2 atom stereocenters. The lowest BCUT2D eigenvalue weighted by atomic mass is 10.3. The molecule has 5 heteroatoms. The van der Waals surface area contributed by atoms with Gasteiger partial charge in [-0.3, -0.25) is 4.90 Å². The molecule has 0 amide bonds. The van der Waals surface area contributed by atoms with Crippen molar-refractivity contribution in [3.8, 4) is 0 Å². The van der Waals surface area contributed by atoms with Crippen molar-refractivity contribution in [2.24, 2.45) is 5.73 Å². The number of hydrogen-bond donors (Lipinski definition) is 1. The Balaban J connectivity index is 1.59. The molecule has 0 aromatic carbocycles. The summed E-state index contributed by atoms with van der Waals surface area (Å²) >= 11 is 0. The van der Waals surface area contributed by atoms with Crippen LogP contribution in [0.25, 0.3) is 0 Å². The lowest BCUT2D eigenvalue weighted by Gasteiger charge is -2.27. The number of rotatable bonds is 5. The summed E-state index contributed by atoms with van der Waals surface area (Å²) in [4.78, 5) is 2.40. The Bertz CT molecular complexity index is 198. The molecule has 16 heavy (non-hydrogen) atoms. The Kier molecular flexibility index (Phi) is 4.99. The van der Waals surface area contributed by atoms with Crippen LogP contribution in [0.2, 0.25) is 0 Å². The maximum Gasteiger partial charge on any atom is 0.159 e. The Morgan fingerprint density at radius 1 is 1.19 bits per heavy atom. The van der Waals surface area contributed by atoms with Crippen molar-refractivity contribution in [1.29, 1.82) is 0 Å². The molecule has 0 bridgehead atoms. The zero-order valence-corrected chi connectivity index (χ0v) is 9.77. The molecule has 2 fully saturated rings. The van der Waals surface area contributed by atoms with Crippen molar-refractivity contribution >= 4 is 0 Å². The summed E-state index contributed by atoms with van der Waals surface area (Å²) in [5, 5.41) is 0. The molecule has 0 saturated carbocycles. The molecule has 0 spiro atoms. The molecular weight excluding hydrogens is 208 g/mol. The molecule has 5 nitrogen and oxygen atoms in total. The molecule has 2 aliphatic rings. The maximum atomic E-state index is 5.73. The monoisotopic (exact) mass is 230 g/mol. The molecule has 0 aromatic rings. The van der Waals surface area contributed by atoms with Gasteiger partial charge in [0.05, 0.1) is 25.9 Å². The summed E-state index contributed by atoms with van der Waals surface area (Å²) in [7, 11) is 0. The van der Waals surface area contributed by atoms with Crippen LogP contribution in [-0.2, 0) is 14.2 Å². The highest BCUT2D eigenvalue weighted by Gasteiger charge is 2.25. The van der Waals surface area contributed by atoms with E-state index in [1.165, 1.54) is 0 Å². The Labute approximate surface area is 96.8 Å². The molecule has 0 aliphatic carbocycles. The molecule has 2 aliphatic heterocycles. The number of morpholine rings is 1. The summed E-state index contributed by atoms with van der Waals surface area (Å²) in [6, 6.07) is 0. The van der Waals surface area contributed by atoms with Gasteiger partial charge in [0.2, 0.25) is 0 Å². The molecule has 94 valence electrons. The van der Waals surface area contributed by atoms with Crippen molar-refractivity contribution in [1.82, 2.24) is 4.90 Å². The van der Waals surface area contributed by atoms with Gasteiger partial charge in [0.25, 0.3) is 0 Å². The summed E-state index contributed by atoms with van der Waals surface area (Å²) in [6.07, 6.45) is 2.02. The van der Waals surface area contributed by atoms with Gasteiger partial charge in [-0.25, -0.2) is 0 Å².